The van der Waals surface area contributed by atoms with E-state index in [1.165, 1.54) is 24.0 Å². The summed E-state index contributed by atoms with van der Waals surface area (Å²) >= 11 is 5.37. The molecule has 0 amide bonds. The van der Waals surface area contributed by atoms with Crippen LogP contribution in [0.15, 0.2) is 24.3 Å². The van der Waals surface area contributed by atoms with Gasteiger partial charge in [0.2, 0.25) is 0 Å². The molecule has 0 spiro atoms. The van der Waals surface area contributed by atoms with Crippen LogP contribution in [0.5, 0.6) is 0 Å². The highest BCUT2D eigenvalue weighted by Gasteiger charge is 2.29. The van der Waals surface area contributed by atoms with E-state index in [2.05, 4.69) is 59.8 Å². The third-order valence-electron chi connectivity index (χ3n) is 4.15. The minimum atomic E-state index is 0.270. The van der Waals surface area contributed by atoms with Gasteiger partial charge in [-0.3, -0.25) is 5.10 Å². The van der Waals surface area contributed by atoms with Crippen LogP contribution in [-0.2, 0) is 6.42 Å². The summed E-state index contributed by atoms with van der Waals surface area (Å²) in [6, 6.07) is 9.52. The summed E-state index contributed by atoms with van der Waals surface area (Å²) < 4.78 is 2.97. The van der Waals surface area contributed by atoms with Crippen molar-refractivity contribution in [1.82, 2.24) is 14.8 Å². The standard InChI is InChI=1S/C17H23N3S/c1-11(2)10-13-4-6-14(7-5-13)12(3)16-18-19-17(21)20(16)15-8-9-15/h4-7,11-12,15H,8-10H2,1-3H3,(H,19,21)/t12-/m1/s1. The van der Waals surface area contributed by atoms with E-state index < -0.39 is 0 Å². The van der Waals surface area contributed by atoms with E-state index in [1.54, 1.807) is 0 Å². The number of nitrogens with one attached hydrogen (secondary N) is 1. The quantitative estimate of drug-likeness (QED) is 0.817. The molecule has 1 heterocycles. The van der Waals surface area contributed by atoms with Gasteiger partial charge in [0.25, 0.3) is 0 Å². The molecular formula is C17H23N3S. The molecule has 3 rings (SSSR count). The van der Waals surface area contributed by atoms with E-state index in [1.807, 2.05) is 0 Å². The Hall–Kier alpha value is -1.42. The van der Waals surface area contributed by atoms with Gasteiger partial charge < -0.3 is 4.57 Å². The Labute approximate surface area is 131 Å². The van der Waals surface area contributed by atoms with Gasteiger partial charge >= 0.3 is 0 Å². The predicted octanol–water partition coefficient (Wildman–Crippen LogP) is 4.63. The largest absolute Gasteiger partial charge is 0.301 e. The molecule has 21 heavy (non-hydrogen) atoms. The second-order valence-electron chi connectivity index (χ2n) is 6.55. The first-order chi connectivity index (χ1) is 10.1. The summed E-state index contributed by atoms with van der Waals surface area (Å²) in [6.45, 7) is 6.72. The van der Waals surface area contributed by atoms with Gasteiger partial charge in [-0.25, -0.2) is 0 Å². The lowest BCUT2D eigenvalue weighted by Gasteiger charge is -2.14. The van der Waals surface area contributed by atoms with Gasteiger partial charge in [0.05, 0.1) is 0 Å². The molecule has 1 fully saturated rings. The molecule has 1 aromatic carbocycles. The van der Waals surface area contributed by atoms with Crippen LogP contribution in [0.3, 0.4) is 0 Å². The van der Waals surface area contributed by atoms with Gasteiger partial charge in [-0.2, -0.15) is 5.10 Å². The molecule has 0 radical (unpaired) electrons. The number of nitrogens with zero attached hydrogens (tertiary/aromatic N) is 2. The van der Waals surface area contributed by atoms with Crippen LogP contribution in [0.4, 0.5) is 0 Å². The Balaban J connectivity index is 1.85. The summed E-state index contributed by atoms with van der Waals surface area (Å²) in [4.78, 5) is 0. The van der Waals surface area contributed by atoms with Crippen molar-refractivity contribution in [1.29, 1.82) is 0 Å². The Bertz CT molecular complexity index is 662. The van der Waals surface area contributed by atoms with Crippen molar-refractivity contribution in [3.05, 3.63) is 46.0 Å². The summed E-state index contributed by atoms with van der Waals surface area (Å²) in [5.41, 5.74) is 2.71. The summed E-state index contributed by atoms with van der Waals surface area (Å²) in [6.07, 6.45) is 3.58. The van der Waals surface area contributed by atoms with Gasteiger partial charge in [-0.15, -0.1) is 0 Å². The van der Waals surface area contributed by atoms with E-state index in [4.69, 9.17) is 12.2 Å². The molecule has 1 aliphatic carbocycles. The van der Waals surface area contributed by atoms with Crippen LogP contribution in [0, 0.1) is 10.7 Å². The minimum Gasteiger partial charge on any atom is -0.301 e. The van der Waals surface area contributed by atoms with Crippen molar-refractivity contribution >= 4 is 12.2 Å². The van der Waals surface area contributed by atoms with E-state index in [-0.39, 0.29) is 5.92 Å². The van der Waals surface area contributed by atoms with Crippen LogP contribution in [0.25, 0.3) is 0 Å². The number of rotatable bonds is 5. The van der Waals surface area contributed by atoms with Crippen LogP contribution >= 0.6 is 12.2 Å². The van der Waals surface area contributed by atoms with Crippen molar-refractivity contribution in [2.45, 2.75) is 52.0 Å². The number of aromatic amines is 1. The predicted molar refractivity (Wildman–Crippen MR) is 88.2 cm³/mol. The molecule has 4 heteroatoms. The maximum absolute atomic E-state index is 5.37. The molecule has 3 nitrogen and oxygen atoms in total. The number of H-pyrrole nitrogens is 1. The van der Waals surface area contributed by atoms with Crippen molar-refractivity contribution in [2.75, 3.05) is 0 Å². The Kier molecular flexibility index (Phi) is 3.98. The van der Waals surface area contributed by atoms with E-state index >= 15 is 0 Å². The Morgan fingerprint density at radius 3 is 2.48 bits per heavy atom. The Morgan fingerprint density at radius 1 is 1.24 bits per heavy atom. The van der Waals surface area contributed by atoms with Crippen molar-refractivity contribution in [3.8, 4) is 0 Å². The Morgan fingerprint density at radius 2 is 1.90 bits per heavy atom. The molecule has 0 unspecified atom stereocenters. The molecule has 1 N–H and O–H groups in total. The fourth-order valence-corrected chi connectivity index (χ4v) is 3.16. The normalized spacial score (nSPS) is 16.4. The van der Waals surface area contributed by atoms with Crippen LogP contribution in [0.2, 0.25) is 0 Å². The first kappa shape index (κ1) is 14.5. The van der Waals surface area contributed by atoms with Crippen LogP contribution < -0.4 is 0 Å². The van der Waals surface area contributed by atoms with Gasteiger partial charge in [0, 0.05) is 12.0 Å². The molecule has 1 aromatic heterocycles. The highest BCUT2D eigenvalue weighted by atomic mass is 32.1. The van der Waals surface area contributed by atoms with Crippen LogP contribution in [0.1, 0.15) is 62.5 Å². The van der Waals surface area contributed by atoms with Crippen molar-refractivity contribution < 1.29 is 0 Å². The zero-order chi connectivity index (χ0) is 15.0. The topological polar surface area (TPSA) is 33.6 Å². The monoisotopic (exact) mass is 301 g/mol. The van der Waals surface area contributed by atoms with Crippen LogP contribution in [-0.4, -0.2) is 14.8 Å². The summed E-state index contributed by atoms with van der Waals surface area (Å²) in [5, 5.41) is 7.43. The van der Waals surface area contributed by atoms with Gasteiger partial charge in [-0.05, 0) is 48.5 Å². The number of hydrogen-bond donors (Lipinski definition) is 1. The molecule has 1 aliphatic rings. The number of aromatic nitrogens is 3. The smallest absolute Gasteiger partial charge is 0.195 e. The van der Waals surface area contributed by atoms with Gasteiger partial charge in [0.15, 0.2) is 4.77 Å². The first-order valence-corrected chi connectivity index (χ1v) is 8.22. The minimum absolute atomic E-state index is 0.270. The third kappa shape index (κ3) is 3.10. The third-order valence-corrected chi connectivity index (χ3v) is 4.44. The van der Waals surface area contributed by atoms with Crippen molar-refractivity contribution in [2.24, 2.45) is 5.92 Å². The lowest BCUT2D eigenvalue weighted by molar-refractivity contribution is 0.643. The molecule has 1 atom stereocenters. The molecule has 2 aromatic rings. The fraction of sp³-hybridized carbons (Fsp3) is 0.529. The first-order valence-electron chi connectivity index (χ1n) is 7.82. The number of benzene rings is 1. The van der Waals surface area contributed by atoms with E-state index in [9.17, 15) is 0 Å². The molecular weight excluding hydrogens is 278 g/mol. The van der Waals surface area contributed by atoms with Crippen molar-refractivity contribution in [3.63, 3.8) is 0 Å². The zero-order valence-electron chi connectivity index (χ0n) is 13.0. The number of hydrogen-bond acceptors (Lipinski definition) is 2. The lowest BCUT2D eigenvalue weighted by atomic mass is 9.96. The molecule has 0 bridgehead atoms. The van der Waals surface area contributed by atoms with E-state index in [0.717, 1.165) is 17.0 Å². The van der Waals surface area contributed by atoms with Gasteiger partial charge in [-0.1, -0.05) is 45.0 Å². The molecule has 112 valence electrons. The lowest BCUT2D eigenvalue weighted by Crippen LogP contribution is -2.07. The second-order valence-corrected chi connectivity index (χ2v) is 6.94. The zero-order valence-corrected chi connectivity index (χ0v) is 13.8. The average molecular weight is 301 g/mol. The second kappa shape index (κ2) is 5.76. The van der Waals surface area contributed by atoms with E-state index in [0.29, 0.717) is 12.0 Å². The average Bonchev–Trinajstić information content (AvgIpc) is 3.21. The SMILES string of the molecule is CC(C)Cc1ccc([C@@H](C)c2n[nH]c(=S)n2C2CC2)cc1. The maximum Gasteiger partial charge on any atom is 0.195 e. The molecule has 0 aliphatic heterocycles. The summed E-state index contributed by atoms with van der Waals surface area (Å²) in [7, 11) is 0. The van der Waals surface area contributed by atoms with Gasteiger partial charge in [0.1, 0.15) is 5.82 Å². The molecule has 1 saturated carbocycles. The highest BCUT2D eigenvalue weighted by Crippen LogP contribution is 2.38. The summed E-state index contributed by atoms with van der Waals surface area (Å²) in [5.74, 6) is 2.03. The highest BCUT2D eigenvalue weighted by molar-refractivity contribution is 7.71. The maximum atomic E-state index is 5.37. The fourth-order valence-electron chi connectivity index (χ4n) is 2.87. The molecule has 0 saturated heterocycles.